The summed E-state index contributed by atoms with van der Waals surface area (Å²) in [6.07, 6.45) is 1.56. The first-order chi connectivity index (χ1) is 11.0. The van der Waals surface area contributed by atoms with Gasteiger partial charge in [0.15, 0.2) is 0 Å². The fraction of sp³-hybridized carbons (Fsp3) is 0.125. The van der Waals surface area contributed by atoms with E-state index in [4.69, 9.17) is 4.42 Å². The highest BCUT2D eigenvalue weighted by molar-refractivity contribution is 6.26. The zero-order chi connectivity index (χ0) is 16.6. The standard InChI is InChI=1S/C16H13N3O4/c1-9-3-5-12(14(7-9)19(21)22)15-6-4-11(23-15)8-13-10(2)17-18-16(13)20/h3-8H,1-2H3,(H,18,20)/b13-8+. The van der Waals surface area contributed by atoms with Crippen molar-refractivity contribution in [2.45, 2.75) is 13.8 Å². The largest absolute Gasteiger partial charge is 0.456 e. The van der Waals surface area contributed by atoms with Crippen LogP contribution in [0.3, 0.4) is 0 Å². The minimum Gasteiger partial charge on any atom is -0.456 e. The Bertz CT molecular complexity index is 877. The highest BCUT2D eigenvalue weighted by atomic mass is 16.6. The second-order valence-electron chi connectivity index (χ2n) is 5.18. The molecule has 0 radical (unpaired) electrons. The van der Waals surface area contributed by atoms with Crippen LogP contribution in [0.25, 0.3) is 17.4 Å². The van der Waals surface area contributed by atoms with Crippen molar-refractivity contribution in [1.29, 1.82) is 0 Å². The molecule has 1 amide bonds. The molecule has 23 heavy (non-hydrogen) atoms. The van der Waals surface area contributed by atoms with Crippen molar-refractivity contribution in [3.63, 3.8) is 0 Å². The molecule has 0 aliphatic carbocycles. The summed E-state index contributed by atoms with van der Waals surface area (Å²) < 4.78 is 5.64. The molecule has 7 heteroatoms. The smallest absolute Gasteiger partial charge is 0.280 e. The van der Waals surface area contributed by atoms with Gasteiger partial charge in [-0.3, -0.25) is 14.9 Å². The number of nitro benzene ring substituents is 1. The average molecular weight is 311 g/mol. The lowest BCUT2D eigenvalue weighted by Crippen LogP contribution is -2.12. The molecule has 116 valence electrons. The van der Waals surface area contributed by atoms with Crippen LogP contribution in [-0.2, 0) is 4.79 Å². The molecule has 1 aromatic carbocycles. The number of nitrogens with one attached hydrogen (secondary N) is 1. The molecule has 1 N–H and O–H groups in total. The van der Waals surface area contributed by atoms with Crippen molar-refractivity contribution in [1.82, 2.24) is 5.43 Å². The van der Waals surface area contributed by atoms with Gasteiger partial charge in [-0.1, -0.05) is 6.07 Å². The molecule has 0 atom stereocenters. The van der Waals surface area contributed by atoms with Crippen molar-refractivity contribution in [3.8, 4) is 11.3 Å². The van der Waals surface area contributed by atoms with Crippen LogP contribution in [0.2, 0.25) is 0 Å². The van der Waals surface area contributed by atoms with Crippen molar-refractivity contribution < 1.29 is 14.1 Å². The molecule has 0 unspecified atom stereocenters. The monoisotopic (exact) mass is 311 g/mol. The van der Waals surface area contributed by atoms with Gasteiger partial charge in [0.1, 0.15) is 11.5 Å². The van der Waals surface area contributed by atoms with Gasteiger partial charge in [0.25, 0.3) is 11.6 Å². The van der Waals surface area contributed by atoms with E-state index in [1.54, 1.807) is 44.2 Å². The predicted molar refractivity (Wildman–Crippen MR) is 84.8 cm³/mol. The van der Waals surface area contributed by atoms with E-state index in [1.165, 1.54) is 6.07 Å². The van der Waals surface area contributed by atoms with Crippen LogP contribution in [0.15, 0.2) is 45.4 Å². The minimum absolute atomic E-state index is 0.0186. The van der Waals surface area contributed by atoms with Crippen molar-refractivity contribution in [2.24, 2.45) is 5.10 Å². The van der Waals surface area contributed by atoms with Crippen LogP contribution >= 0.6 is 0 Å². The molecule has 1 aliphatic rings. The third kappa shape index (κ3) is 2.76. The first kappa shape index (κ1) is 14.7. The van der Waals surface area contributed by atoms with Gasteiger partial charge in [-0.05, 0) is 43.7 Å². The molecule has 0 spiro atoms. The summed E-state index contributed by atoms with van der Waals surface area (Å²) in [5.41, 5.74) is 4.50. The van der Waals surface area contributed by atoms with Gasteiger partial charge in [0.05, 0.1) is 21.8 Å². The molecule has 1 aromatic heterocycles. The third-order valence-electron chi connectivity index (χ3n) is 3.49. The predicted octanol–water partition coefficient (Wildman–Crippen LogP) is 3.05. The number of nitrogens with zero attached hydrogens (tertiary/aromatic N) is 2. The number of hydrogen-bond donors (Lipinski definition) is 1. The highest BCUT2D eigenvalue weighted by Crippen LogP contribution is 2.32. The summed E-state index contributed by atoms with van der Waals surface area (Å²) >= 11 is 0. The number of hydrazone groups is 1. The van der Waals surface area contributed by atoms with Crippen LogP contribution in [0.1, 0.15) is 18.2 Å². The van der Waals surface area contributed by atoms with Gasteiger partial charge in [0, 0.05) is 6.07 Å². The number of carbonyl (C=O) groups is 1. The first-order valence-electron chi connectivity index (χ1n) is 6.87. The maximum atomic E-state index is 11.6. The van der Waals surface area contributed by atoms with Crippen LogP contribution < -0.4 is 5.43 Å². The lowest BCUT2D eigenvalue weighted by molar-refractivity contribution is -0.384. The number of rotatable bonds is 3. The third-order valence-corrected chi connectivity index (χ3v) is 3.49. The molecule has 0 saturated heterocycles. The van der Waals surface area contributed by atoms with Crippen LogP contribution in [0.5, 0.6) is 0 Å². The van der Waals surface area contributed by atoms with Gasteiger partial charge < -0.3 is 4.42 Å². The second-order valence-corrected chi connectivity index (χ2v) is 5.18. The Balaban J connectivity index is 2.01. The Morgan fingerprint density at radius 3 is 2.70 bits per heavy atom. The second kappa shape index (κ2) is 5.53. The molecule has 3 rings (SSSR count). The first-order valence-corrected chi connectivity index (χ1v) is 6.87. The van der Waals surface area contributed by atoms with Crippen LogP contribution in [-0.4, -0.2) is 16.5 Å². The van der Waals surface area contributed by atoms with Crippen molar-refractivity contribution in [3.05, 3.63) is 57.3 Å². The molecule has 1 aliphatic heterocycles. The van der Waals surface area contributed by atoms with E-state index in [2.05, 4.69) is 10.5 Å². The van der Waals surface area contributed by atoms with Crippen molar-refractivity contribution in [2.75, 3.05) is 0 Å². The summed E-state index contributed by atoms with van der Waals surface area (Å²) in [4.78, 5) is 22.4. The number of benzene rings is 1. The van der Waals surface area contributed by atoms with Crippen molar-refractivity contribution >= 4 is 23.4 Å². The minimum atomic E-state index is -0.440. The summed E-state index contributed by atoms with van der Waals surface area (Å²) in [7, 11) is 0. The highest BCUT2D eigenvalue weighted by Gasteiger charge is 2.21. The van der Waals surface area contributed by atoms with Gasteiger partial charge >= 0.3 is 0 Å². The van der Waals surface area contributed by atoms with Gasteiger partial charge in [0.2, 0.25) is 0 Å². The van der Waals surface area contributed by atoms with E-state index < -0.39 is 4.92 Å². The molecular formula is C16H13N3O4. The summed E-state index contributed by atoms with van der Waals surface area (Å²) in [6.45, 7) is 3.49. The molecule has 2 heterocycles. The van der Waals surface area contributed by atoms with Crippen LogP contribution in [0.4, 0.5) is 5.69 Å². The zero-order valence-corrected chi connectivity index (χ0v) is 12.5. The number of furan rings is 1. The number of carbonyl (C=O) groups excluding carboxylic acids is 1. The van der Waals surface area contributed by atoms with E-state index in [1.807, 2.05) is 0 Å². The van der Waals surface area contributed by atoms with E-state index in [9.17, 15) is 14.9 Å². The maximum absolute atomic E-state index is 11.6. The molecule has 0 saturated carbocycles. The van der Waals surface area contributed by atoms with E-state index in [-0.39, 0.29) is 11.6 Å². The molecule has 2 aromatic rings. The fourth-order valence-corrected chi connectivity index (χ4v) is 2.31. The average Bonchev–Trinajstić information content (AvgIpc) is 3.09. The summed E-state index contributed by atoms with van der Waals surface area (Å²) in [5.74, 6) is 0.495. The van der Waals surface area contributed by atoms with E-state index in [0.29, 0.717) is 28.4 Å². The maximum Gasteiger partial charge on any atom is 0.280 e. The number of hydrogen-bond acceptors (Lipinski definition) is 5. The number of nitro groups is 1. The Hall–Kier alpha value is -3.22. The fourth-order valence-electron chi connectivity index (χ4n) is 2.31. The molecule has 0 fully saturated rings. The molecular weight excluding hydrogens is 298 g/mol. The normalized spacial score (nSPS) is 15.7. The Morgan fingerprint density at radius 2 is 2.04 bits per heavy atom. The SMILES string of the molecule is CC1=NNC(=O)/C1=C/c1ccc(-c2ccc(C)cc2[N+](=O)[O-])o1. The van der Waals surface area contributed by atoms with Gasteiger partial charge in [-0.2, -0.15) is 5.10 Å². The van der Waals surface area contributed by atoms with E-state index >= 15 is 0 Å². The molecule has 0 bridgehead atoms. The number of aryl methyl sites for hydroxylation is 1. The zero-order valence-electron chi connectivity index (χ0n) is 12.5. The Labute approximate surface area is 131 Å². The molecule has 7 nitrogen and oxygen atoms in total. The summed E-state index contributed by atoms with van der Waals surface area (Å²) in [6, 6.07) is 8.23. The summed E-state index contributed by atoms with van der Waals surface area (Å²) in [5, 5.41) is 15.0. The lowest BCUT2D eigenvalue weighted by Gasteiger charge is -2.01. The van der Waals surface area contributed by atoms with Gasteiger partial charge in [-0.25, -0.2) is 5.43 Å². The Morgan fingerprint density at radius 1 is 1.26 bits per heavy atom. The number of amides is 1. The quantitative estimate of drug-likeness (QED) is 0.535. The topological polar surface area (TPSA) is 97.7 Å². The van der Waals surface area contributed by atoms with E-state index in [0.717, 1.165) is 5.56 Å². The van der Waals surface area contributed by atoms with Crippen LogP contribution in [0, 0.1) is 17.0 Å². The van der Waals surface area contributed by atoms with Gasteiger partial charge in [-0.15, -0.1) is 0 Å². The lowest BCUT2D eigenvalue weighted by atomic mass is 10.1. The Kier molecular flexibility index (Phi) is 3.53.